The van der Waals surface area contributed by atoms with Gasteiger partial charge >= 0.3 is 0 Å². The molecule has 3 rings (SSSR count). The van der Waals surface area contributed by atoms with Crippen LogP contribution in [0.15, 0.2) is 41.3 Å². The van der Waals surface area contributed by atoms with E-state index in [1.54, 1.807) is 0 Å². The molecule has 1 aliphatic heterocycles. The van der Waals surface area contributed by atoms with Gasteiger partial charge < -0.3 is 15.2 Å². The first-order valence-electron chi connectivity index (χ1n) is 10.7. The molecule has 31 heavy (non-hydrogen) atoms. The molecule has 2 aromatic rings. The van der Waals surface area contributed by atoms with Gasteiger partial charge in [-0.1, -0.05) is 18.2 Å². The lowest BCUT2D eigenvalue weighted by atomic mass is 10.0. The first kappa shape index (κ1) is 23.6. The number of nitriles is 1. The van der Waals surface area contributed by atoms with Crippen molar-refractivity contribution in [2.75, 3.05) is 51.3 Å². The number of allylic oxidation sites excluding steroid dienone is 1. The zero-order valence-electron chi connectivity index (χ0n) is 18.4. The van der Waals surface area contributed by atoms with Crippen LogP contribution in [0.3, 0.4) is 0 Å². The maximum atomic E-state index is 9.49. The third-order valence-corrected chi connectivity index (χ3v) is 6.39. The van der Waals surface area contributed by atoms with Crippen LogP contribution in [0, 0.1) is 11.3 Å². The van der Waals surface area contributed by atoms with Crippen LogP contribution in [0.25, 0.3) is 16.8 Å². The Morgan fingerprint density at radius 1 is 1.23 bits per heavy atom. The summed E-state index contributed by atoms with van der Waals surface area (Å²) in [6.45, 7) is 9.73. The summed E-state index contributed by atoms with van der Waals surface area (Å²) in [6, 6.07) is 14.9. The molecule has 0 atom stereocenters. The number of ether oxygens (including phenoxy) is 1. The van der Waals surface area contributed by atoms with E-state index < -0.39 is 0 Å². The Labute approximate surface area is 189 Å². The molecule has 166 valence electrons. The van der Waals surface area contributed by atoms with E-state index in [1.807, 2.05) is 26.0 Å². The fourth-order valence-electron chi connectivity index (χ4n) is 3.41. The van der Waals surface area contributed by atoms with Gasteiger partial charge in [0.25, 0.3) is 0 Å². The van der Waals surface area contributed by atoms with Gasteiger partial charge in [0.2, 0.25) is 0 Å². The Hall–Kier alpha value is -2.08. The van der Waals surface area contributed by atoms with Crippen molar-refractivity contribution in [3.8, 4) is 6.07 Å². The Morgan fingerprint density at radius 2 is 1.97 bits per heavy atom. The number of aliphatic hydroxyl groups is 1. The molecule has 0 spiro atoms. The second-order valence-corrected chi connectivity index (χ2v) is 9.23. The maximum Gasteiger partial charge on any atom is 0.107 e. The predicted molar refractivity (Wildman–Crippen MR) is 130 cm³/mol. The average Bonchev–Trinajstić information content (AvgIpc) is 2.77. The number of morpholine rings is 1. The van der Waals surface area contributed by atoms with Crippen LogP contribution in [-0.4, -0.2) is 61.5 Å². The predicted octanol–water partition coefficient (Wildman–Crippen LogP) is 3.85. The van der Waals surface area contributed by atoms with Crippen molar-refractivity contribution in [1.82, 2.24) is 9.62 Å². The number of aliphatic hydroxyl groups excluding tert-OH is 1. The first-order chi connectivity index (χ1) is 15.0. The topological polar surface area (TPSA) is 80.5 Å². The van der Waals surface area contributed by atoms with E-state index in [2.05, 4.69) is 51.3 Å². The van der Waals surface area contributed by atoms with Crippen LogP contribution in [0.1, 0.15) is 25.8 Å². The summed E-state index contributed by atoms with van der Waals surface area (Å²) in [5.74, 6) is 0. The Balaban J connectivity index is 1.60. The van der Waals surface area contributed by atoms with Crippen LogP contribution < -0.4 is 10.0 Å². The summed E-state index contributed by atoms with van der Waals surface area (Å²) in [5.41, 5.74) is 1.86. The number of nitrogens with one attached hydrogen (secondary N) is 2. The summed E-state index contributed by atoms with van der Waals surface area (Å²) in [7, 11) is 0. The lowest BCUT2D eigenvalue weighted by molar-refractivity contribution is 0.0398. The normalized spacial score (nSPS) is 15.7. The first-order valence-corrected chi connectivity index (χ1v) is 11.6. The minimum Gasteiger partial charge on any atom is -0.396 e. The lowest BCUT2D eigenvalue weighted by Crippen LogP contribution is -2.38. The fraction of sp³-hybridized carbons (Fsp3) is 0.458. The van der Waals surface area contributed by atoms with Crippen molar-refractivity contribution in [1.29, 1.82) is 5.26 Å². The summed E-state index contributed by atoms with van der Waals surface area (Å²) >= 11 is 1.31. The molecule has 3 N–H and O–H groups in total. The standard InChI is InChI=1S/C24H32N4O2S/c1-24(2,7-12-29)27-31-23(18-25)16-19-3-4-21-17-22(6-5-20(21)15-19)26-8-9-28-10-13-30-14-11-28/h3-6,15-17,26-27,29H,7-14H2,1-2H3/b23-16+. The van der Waals surface area contributed by atoms with E-state index in [1.165, 1.54) is 17.3 Å². The Kier molecular flexibility index (Phi) is 8.76. The third-order valence-electron chi connectivity index (χ3n) is 5.31. The molecule has 1 heterocycles. The van der Waals surface area contributed by atoms with E-state index >= 15 is 0 Å². The summed E-state index contributed by atoms with van der Waals surface area (Å²) in [6.07, 6.45) is 2.51. The van der Waals surface area contributed by atoms with E-state index in [0.717, 1.165) is 56.0 Å². The number of rotatable bonds is 10. The van der Waals surface area contributed by atoms with Crippen LogP contribution in [0.2, 0.25) is 0 Å². The highest BCUT2D eigenvalue weighted by Crippen LogP contribution is 2.24. The Morgan fingerprint density at radius 3 is 2.71 bits per heavy atom. The van der Waals surface area contributed by atoms with Crippen molar-refractivity contribution in [2.45, 2.75) is 25.8 Å². The highest BCUT2D eigenvalue weighted by Gasteiger charge is 2.17. The molecule has 7 heteroatoms. The smallest absolute Gasteiger partial charge is 0.107 e. The fourth-order valence-corrected chi connectivity index (χ4v) is 4.14. The average molecular weight is 441 g/mol. The van der Waals surface area contributed by atoms with Gasteiger partial charge in [-0.2, -0.15) is 5.26 Å². The van der Waals surface area contributed by atoms with Crippen molar-refractivity contribution < 1.29 is 9.84 Å². The molecule has 0 aliphatic carbocycles. The van der Waals surface area contributed by atoms with Crippen molar-refractivity contribution in [2.24, 2.45) is 0 Å². The zero-order valence-corrected chi connectivity index (χ0v) is 19.2. The summed E-state index contributed by atoms with van der Waals surface area (Å²) in [4.78, 5) is 3.01. The molecule has 0 unspecified atom stereocenters. The van der Waals surface area contributed by atoms with Crippen molar-refractivity contribution >= 4 is 34.5 Å². The van der Waals surface area contributed by atoms with Gasteiger partial charge in [-0.3, -0.25) is 9.62 Å². The number of benzene rings is 2. The largest absolute Gasteiger partial charge is 0.396 e. The second kappa shape index (κ2) is 11.5. The number of hydrogen-bond acceptors (Lipinski definition) is 7. The summed E-state index contributed by atoms with van der Waals surface area (Å²) < 4.78 is 8.66. The van der Waals surface area contributed by atoms with Gasteiger partial charge in [0, 0.05) is 44.0 Å². The Bertz CT molecular complexity index is 933. The van der Waals surface area contributed by atoms with E-state index in [-0.39, 0.29) is 12.1 Å². The molecule has 0 radical (unpaired) electrons. The van der Waals surface area contributed by atoms with Gasteiger partial charge in [0.1, 0.15) is 11.0 Å². The maximum absolute atomic E-state index is 9.49. The quantitative estimate of drug-likeness (QED) is 0.382. The van der Waals surface area contributed by atoms with Crippen molar-refractivity contribution in [3.63, 3.8) is 0 Å². The molecule has 1 saturated heterocycles. The molecule has 1 aliphatic rings. The van der Waals surface area contributed by atoms with Gasteiger partial charge in [0.05, 0.1) is 13.2 Å². The lowest BCUT2D eigenvalue weighted by Gasteiger charge is -2.26. The molecule has 2 aromatic carbocycles. The van der Waals surface area contributed by atoms with Gasteiger partial charge in [0.15, 0.2) is 0 Å². The van der Waals surface area contributed by atoms with Crippen LogP contribution >= 0.6 is 11.9 Å². The minimum atomic E-state index is -0.246. The van der Waals surface area contributed by atoms with Gasteiger partial charge in [-0.15, -0.1) is 0 Å². The number of fused-ring (bicyclic) bond motifs is 1. The molecule has 0 aromatic heterocycles. The third kappa shape index (κ3) is 7.53. The van der Waals surface area contributed by atoms with Crippen LogP contribution in [-0.2, 0) is 4.74 Å². The van der Waals surface area contributed by atoms with E-state index in [9.17, 15) is 5.26 Å². The second-order valence-electron chi connectivity index (χ2n) is 8.38. The van der Waals surface area contributed by atoms with E-state index in [0.29, 0.717) is 11.3 Å². The SMILES string of the molecule is CC(C)(CCO)NS/C(C#N)=C/c1ccc2cc(NCCN3CCOCC3)ccc2c1. The molecular formula is C24H32N4O2S. The molecule has 6 nitrogen and oxygen atoms in total. The highest BCUT2D eigenvalue weighted by atomic mass is 32.2. The molecule has 0 saturated carbocycles. The molecule has 1 fully saturated rings. The molecule has 0 amide bonds. The zero-order chi connectivity index (χ0) is 22.1. The number of anilines is 1. The van der Waals surface area contributed by atoms with Gasteiger partial charge in [-0.05, 0) is 72.8 Å². The number of nitrogens with zero attached hydrogens (tertiary/aromatic N) is 2. The minimum absolute atomic E-state index is 0.112. The summed E-state index contributed by atoms with van der Waals surface area (Å²) in [5, 5.41) is 24.5. The van der Waals surface area contributed by atoms with Gasteiger partial charge in [-0.25, -0.2) is 0 Å². The monoisotopic (exact) mass is 440 g/mol. The van der Waals surface area contributed by atoms with Crippen LogP contribution in [0.5, 0.6) is 0 Å². The molecular weight excluding hydrogens is 408 g/mol. The van der Waals surface area contributed by atoms with E-state index in [4.69, 9.17) is 9.84 Å². The van der Waals surface area contributed by atoms with Crippen LogP contribution in [0.4, 0.5) is 5.69 Å². The van der Waals surface area contributed by atoms with Crippen molar-refractivity contribution in [3.05, 3.63) is 46.9 Å². The highest BCUT2D eigenvalue weighted by molar-refractivity contribution is 8.01. The molecule has 0 bridgehead atoms. The number of hydrogen-bond donors (Lipinski definition) is 3.